The van der Waals surface area contributed by atoms with Crippen molar-refractivity contribution < 1.29 is 36.4 Å². The average Bonchev–Trinajstić information content (AvgIpc) is 3.10. The maximum Gasteiger partial charge on any atom is 0.251 e. The van der Waals surface area contributed by atoms with Crippen molar-refractivity contribution in [3.63, 3.8) is 0 Å². The number of halogens is 2. The Kier molecular flexibility index (Phi) is 15.2. The summed E-state index contributed by atoms with van der Waals surface area (Å²) >= 11 is 0. The Morgan fingerprint density at radius 2 is 1.44 bits per heavy atom. The maximum absolute atomic E-state index is 13.8. The maximum atomic E-state index is 13.8. The fraction of sp³-hybridized carbons (Fsp3) is 0.405. The van der Waals surface area contributed by atoms with Crippen molar-refractivity contribution in [1.82, 2.24) is 26.6 Å². The second-order valence-electron chi connectivity index (χ2n) is 12.9. The molecule has 0 aliphatic rings. The summed E-state index contributed by atoms with van der Waals surface area (Å²) < 4.78 is 52.8. The van der Waals surface area contributed by atoms with Gasteiger partial charge in [0.05, 0.1) is 18.0 Å². The highest BCUT2D eigenvalue weighted by molar-refractivity contribution is 7.92. The van der Waals surface area contributed by atoms with Crippen LogP contribution < -0.4 is 30.9 Å². The summed E-state index contributed by atoms with van der Waals surface area (Å²) in [5.41, 5.74) is 1.42. The van der Waals surface area contributed by atoms with Crippen LogP contribution in [0.4, 0.5) is 14.5 Å². The molecule has 282 valence electrons. The summed E-state index contributed by atoms with van der Waals surface area (Å²) in [5.74, 6) is -4.05. The van der Waals surface area contributed by atoms with Crippen molar-refractivity contribution in [2.75, 3.05) is 37.2 Å². The molecule has 4 amide bonds. The zero-order chi connectivity index (χ0) is 38.6. The first-order valence-corrected chi connectivity index (χ1v) is 18.8. The van der Waals surface area contributed by atoms with Gasteiger partial charge in [-0.2, -0.15) is 0 Å². The largest absolute Gasteiger partial charge is 0.355 e. The van der Waals surface area contributed by atoms with Crippen LogP contribution in [0.25, 0.3) is 0 Å². The molecule has 15 heteroatoms. The number of anilines is 1. The van der Waals surface area contributed by atoms with Gasteiger partial charge in [-0.05, 0) is 74.1 Å². The zero-order valence-electron chi connectivity index (χ0n) is 30.3. The highest BCUT2D eigenvalue weighted by Gasteiger charge is 2.27. The molecule has 0 aliphatic heterocycles. The number of hydrogen-bond donors (Lipinski definition) is 5. The van der Waals surface area contributed by atoms with Gasteiger partial charge in [-0.3, -0.25) is 23.5 Å². The monoisotopic (exact) mass is 742 g/mol. The molecule has 12 nitrogen and oxygen atoms in total. The molecule has 0 heterocycles. The molecule has 3 aromatic rings. The second-order valence-corrected chi connectivity index (χ2v) is 14.9. The van der Waals surface area contributed by atoms with Crippen molar-refractivity contribution in [3.8, 4) is 0 Å². The van der Waals surface area contributed by atoms with E-state index >= 15 is 0 Å². The lowest BCUT2D eigenvalue weighted by atomic mass is 10.0. The van der Waals surface area contributed by atoms with Crippen LogP contribution in [0.15, 0.2) is 66.7 Å². The lowest BCUT2D eigenvalue weighted by Gasteiger charge is -2.25. The molecule has 0 saturated carbocycles. The predicted octanol–water partition coefficient (Wildman–Crippen LogP) is 2.93. The Morgan fingerprint density at radius 1 is 0.788 bits per heavy atom. The van der Waals surface area contributed by atoms with Crippen molar-refractivity contribution in [1.29, 1.82) is 0 Å². The zero-order valence-corrected chi connectivity index (χ0v) is 31.1. The minimum Gasteiger partial charge on any atom is -0.355 e. The van der Waals surface area contributed by atoms with E-state index in [-0.39, 0.29) is 48.1 Å². The van der Waals surface area contributed by atoms with E-state index < -0.39 is 57.5 Å². The Morgan fingerprint density at radius 3 is 2.04 bits per heavy atom. The number of carbonyl (C=O) groups is 4. The predicted molar refractivity (Wildman–Crippen MR) is 196 cm³/mol. The minimum absolute atomic E-state index is 0.00159. The molecular formula is C37H48F2N6O6S. The molecule has 0 fully saturated rings. The van der Waals surface area contributed by atoms with Crippen molar-refractivity contribution >= 4 is 39.3 Å². The van der Waals surface area contributed by atoms with Crippen molar-refractivity contribution in [2.24, 2.45) is 5.92 Å². The van der Waals surface area contributed by atoms with Gasteiger partial charge in [-0.1, -0.05) is 50.2 Å². The first-order valence-electron chi connectivity index (χ1n) is 17.0. The van der Waals surface area contributed by atoms with Gasteiger partial charge in [0.25, 0.3) is 11.8 Å². The molecule has 0 spiro atoms. The molecule has 3 rings (SSSR count). The van der Waals surface area contributed by atoms with Gasteiger partial charge in [0.2, 0.25) is 21.8 Å². The number of benzene rings is 3. The normalized spacial score (nSPS) is 13.1. The summed E-state index contributed by atoms with van der Waals surface area (Å²) in [4.78, 5) is 52.6. The molecule has 0 aliphatic carbocycles. The number of nitrogens with one attached hydrogen (secondary N) is 5. The van der Waals surface area contributed by atoms with Crippen molar-refractivity contribution in [3.05, 3.63) is 101 Å². The molecule has 0 saturated heterocycles. The molecule has 5 N–H and O–H groups in total. The highest BCUT2D eigenvalue weighted by Crippen LogP contribution is 2.21. The fourth-order valence-electron chi connectivity index (χ4n) is 5.21. The van der Waals surface area contributed by atoms with Crippen LogP contribution in [0.1, 0.15) is 59.5 Å². The standard InChI is InChI=1S/C37H48F2N6O6S/c1-7-40-37(49)33(23(2)3)44-34(46)24(4)42-22-29(17-25-11-9-8-10-12-25)43-36(48)28-19-27(20-30(21-28)45(5)52(6,50)51)35(47)41-16-15-26-13-14-31(38)32(39)18-26/h8-14,18-21,23-24,29,33,42H,7,15-17,22H2,1-6H3,(H,40,49)(H,41,47)(H,43,48)(H,44,46)/t24-,29-,33-/m0/s1. The topological polar surface area (TPSA) is 166 Å². The minimum atomic E-state index is -3.78. The van der Waals surface area contributed by atoms with Crippen LogP contribution in [0.5, 0.6) is 0 Å². The molecule has 0 radical (unpaired) electrons. The van der Waals surface area contributed by atoms with E-state index in [1.54, 1.807) is 13.8 Å². The highest BCUT2D eigenvalue weighted by atomic mass is 32.2. The van der Waals surface area contributed by atoms with E-state index in [0.29, 0.717) is 18.5 Å². The van der Waals surface area contributed by atoms with Crippen LogP contribution >= 0.6 is 0 Å². The Balaban J connectivity index is 1.82. The first kappa shape index (κ1) is 41.5. The quantitative estimate of drug-likeness (QED) is 0.134. The number of amides is 4. The first-order chi connectivity index (χ1) is 24.5. The lowest BCUT2D eigenvalue weighted by molar-refractivity contribution is -0.130. The van der Waals surface area contributed by atoms with Gasteiger partial charge in [0.1, 0.15) is 6.04 Å². The molecule has 3 aromatic carbocycles. The third-order valence-corrected chi connectivity index (χ3v) is 9.51. The van der Waals surface area contributed by atoms with Crippen LogP contribution in [-0.4, -0.2) is 83.1 Å². The lowest BCUT2D eigenvalue weighted by Crippen LogP contribution is -2.55. The number of rotatable bonds is 18. The Bertz CT molecular complexity index is 1830. The second kappa shape index (κ2) is 19.1. The fourth-order valence-corrected chi connectivity index (χ4v) is 5.70. The third-order valence-electron chi connectivity index (χ3n) is 8.31. The van der Waals surface area contributed by atoms with Crippen molar-refractivity contribution in [2.45, 2.75) is 58.7 Å². The van der Waals surface area contributed by atoms with Gasteiger partial charge in [0, 0.05) is 43.9 Å². The molecule has 0 unspecified atom stereocenters. The summed E-state index contributed by atoms with van der Waals surface area (Å²) in [5, 5.41) is 14.3. The smallest absolute Gasteiger partial charge is 0.251 e. The van der Waals surface area contributed by atoms with Gasteiger partial charge in [-0.25, -0.2) is 17.2 Å². The van der Waals surface area contributed by atoms with E-state index in [2.05, 4.69) is 26.6 Å². The number of nitrogens with zero attached hydrogens (tertiary/aromatic N) is 1. The number of sulfonamides is 1. The van der Waals surface area contributed by atoms with Gasteiger partial charge < -0.3 is 26.6 Å². The summed E-state index contributed by atoms with van der Waals surface area (Å²) in [6.45, 7) is 7.72. The Hall–Kier alpha value is -4.89. The van der Waals surface area contributed by atoms with Gasteiger partial charge >= 0.3 is 0 Å². The summed E-state index contributed by atoms with van der Waals surface area (Å²) in [7, 11) is -2.49. The Labute approximate surface area is 304 Å². The molecular weight excluding hydrogens is 695 g/mol. The number of likely N-dealkylation sites (N-methyl/N-ethyl adjacent to an activating group) is 1. The molecule has 0 aromatic heterocycles. The van der Waals surface area contributed by atoms with Gasteiger partial charge in [-0.15, -0.1) is 0 Å². The van der Waals surface area contributed by atoms with E-state index in [1.165, 1.54) is 31.3 Å². The average molecular weight is 743 g/mol. The summed E-state index contributed by atoms with van der Waals surface area (Å²) in [6.07, 6.45) is 1.54. The number of carbonyl (C=O) groups excluding carboxylic acids is 4. The van der Waals surface area contributed by atoms with E-state index in [9.17, 15) is 36.4 Å². The van der Waals surface area contributed by atoms with Crippen LogP contribution in [0, 0.1) is 17.6 Å². The molecule has 3 atom stereocenters. The van der Waals surface area contributed by atoms with E-state index in [0.717, 1.165) is 28.3 Å². The van der Waals surface area contributed by atoms with Crippen LogP contribution in [-0.2, 0) is 32.5 Å². The summed E-state index contributed by atoms with van der Waals surface area (Å²) in [6, 6.07) is 14.8. The molecule has 0 bridgehead atoms. The SMILES string of the molecule is CCNC(=O)[C@@H](NC(=O)[C@H](C)NC[C@H](Cc1ccccc1)NC(=O)c1cc(C(=O)NCCc2ccc(F)c(F)c2)cc(N(C)S(C)(=O)=O)c1)C(C)C. The van der Waals surface area contributed by atoms with E-state index in [1.807, 2.05) is 44.2 Å². The number of hydrogen-bond acceptors (Lipinski definition) is 7. The van der Waals surface area contributed by atoms with Gasteiger partial charge in [0.15, 0.2) is 11.6 Å². The third kappa shape index (κ3) is 12.4. The van der Waals surface area contributed by atoms with E-state index in [4.69, 9.17) is 0 Å². The molecule has 52 heavy (non-hydrogen) atoms. The van der Waals surface area contributed by atoms with Crippen LogP contribution in [0.3, 0.4) is 0 Å². The van der Waals surface area contributed by atoms with Crippen LogP contribution in [0.2, 0.25) is 0 Å².